The van der Waals surface area contributed by atoms with Gasteiger partial charge in [0, 0.05) is 9.50 Å². The van der Waals surface area contributed by atoms with E-state index in [1.165, 1.54) is 4.90 Å². The van der Waals surface area contributed by atoms with Crippen LogP contribution in [0.25, 0.3) is 6.08 Å². The fraction of sp³-hybridized carbons (Fsp3) is 0.120. The molecule has 0 spiro atoms. The number of ether oxygens (including phenoxy) is 2. The number of halogens is 2. The Bertz CT molecular complexity index is 1210. The highest BCUT2D eigenvalue weighted by atomic mass is 79.9. The molecule has 1 saturated heterocycles. The third-order valence-corrected chi connectivity index (χ3v) is 6.61. The highest BCUT2D eigenvalue weighted by molar-refractivity contribution is 9.10. The van der Waals surface area contributed by atoms with Gasteiger partial charge in [-0.2, -0.15) is 0 Å². The average Bonchev–Trinajstić information content (AvgIpc) is 3.07. The summed E-state index contributed by atoms with van der Waals surface area (Å²) in [5.74, 6) is 0.801. The van der Waals surface area contributed by atoms with Gasteiger partial charge in [-0.05, 0) is 70.9 Å². The van der Waals surface area contributed by atoms with Crippen molar-refractivity contribution in [3.8, 4) is 11.5 Å². The first-order chi connectivity index (χ1) is 15.9. The first kappa shape index (κ1) is 23.4. The standard InChI is InChI=1S/C25H19BrClNO4S/c1-31-22-12-18(6-11-21(22)32-15-17-4-9-20(27)10-5-17)13-23-24(29)28(25(30)33-23)14-16-2-7-19(26)8-3-16/h2-13H,14-15H2,1H3/b23-13-. The summed E-state index contributed by atoms with van der Waals surface area (Å²) in [4.78, 5) is 26.9. The highest BCUT2D eigenvalue weighted by Crippen LogP contribution is 2.35. The number of amides is 2. The largest absolute Gasteiger partial charge is 0.493 e. The Morgan fingerprint density at radius 1 is 0.970 bits per heavy atom. The molecule has 0 unspecified atom stereocenters. The van der Waals surface area contributed by atoms with Gasteiger partial charge in [-0.1, -0.05) is 57.9 Å². The van der Waals surface area contributed by atoms with Gasteiger partial charge >= 0.3 is 0 Å². The molecule has 0 saturated carbocycles. The van der Waals surface area contributed by atoms with Gasteiger partial charge in [0.05, 0.1) is 18.6 Å². The third-order valence-electron chi connectivity index (χ3n) is 4.92. The van der Waals surface area contributed by atoms with Gasteiger partial charge in [0.15, 0.2) is 11.5 Å². The molecule has 0 radical (unpaired) electrons. The Hall–Kier alpha value is -2.74. The number of carbonyl (C=O) groups is 2. The van der Waals surface area contributed by atoms with Crippen molar-refractivity contribution in [2.24, 2.45) is 0 Å². The number of rotatable bonds is 7. The molecule has 0 aromatic heterocycles. The van der Waals surface area contributed by atoms with Crippen LogP contribution >= 0.6 is 39.3 Å². The second-order valence-corrected chi connectivity index (χ2v) is 9.57. The first-order valence-corrected chi connectivity index (χ1v) is 12.0. The molecule has 1 heterocycles. The molecule has 8 heteroatoms. The summed E-state index contributed by atoms with van der Waals surface area (Å²) in [5, 5.41) is 0.381. The van der Waals surface area contributed by atoms with E-state index in [-0.39, 0.29) is 17.7 Å². The maximum absolute atomic E-state index is 12.8. The number of imide groups is 1. The Kier molecular flexibility index (Phi) is 7.42. The molecule has 1 aliphatic heterocycles. The van der Waals surface area contributed by atoms with E-state index < -0.39 is 0 Å². The quantitative estimate of drug-likeness (QED) is 0.302. The van der Waals surface area contributed by atoms with Crippen molar-refractivity contribution in [1.29, 1.82) is 0 Å². The monoisotopic (exact) mass is 543 g/mol. The molecule has 0 atom stereocenters. The average molecular weight is 545 g/mol. The van der Waals surface area contributed by atoms with E-state index in [1.54, 1.807) is 25.3 Å². The summed E-state index contributed by atoms with van der Waals surface area (Å²) in [6, 6.07) is 20.3. The number of hydrogen-bond donors (Lipinski definition) is 0. The summed E-state index contributed by atoms with van der Waals surface area (Å²) >= 11 is 10.2. The van der Waals surface area contributed by atoms with Gasteiger partial charge in [0.25, 0.3) is 11.1 Å². The van der Waals surface area contributed by atoms with Crippen molar-refractivity contribution in [3.05, 3.63) is 97.8 Å². The lowest BCUT2D eigenvalue weighted by Gasteiger charge is -2.12. The Morgan fingerprint density at radius 3 is 2.36 bits per heavy atom. The topological polar surface area (TPSA) is 55.8 Å². The van der Waals surface area contributed by atoms with Crippen LogP contribution in [0.3, 0.4) is 0 Å². The second kappa shape index (κ2) is 10.5. The van der Waals surface area contributed by atoms with E-state index in [1.807, 2.05) is 54.6 Å². The third kappa shape index (κ3) is 5.79. The summed E-state index contributed by atoms with van der Waals surface area (Å²) in [6.45, 7) is 0.595. The zero-order chi connectivity index (χ0) is 23.4. The Morgan fingerprint density at radius 2 is 1.67 bits per heavy atom. The van der Waals surface area contributed by atoms with Crippen molar-refractivity contribution in [3.63, 3.8) is 0 Å². The summed E-state index contributed by atoms with van der Waals surface area (Å²) in [5.41, 5.74) is 2.59. The molecule has 33 heavy (non-hydrogen) atoms. The summed E-state index contributed by atoms with van der Waals surface area (Å²) in [6.07, 6.45) is 1.69. The maximum Gasteiger partial charge on any atom is 0.293 e. The molecule has 3 aromatic rings. The van der Waals surface area contributed by atoms with Crippen LogP contribution in [0, 0.1) is 0 Å². The van der Waals surface area contributed by atoms with E-state index >= 15 is 0 Å². The van der Waals surface area contributed by atoms with Gasteiger partial charge in [0.1, 0.15) is 6.61 Å². The van der Waals surface area contributed by atoms with Crippen molar-refractivity contribution >= 4 is 56.5 Å². The van der Waals surface area contributed by atoms with Gasteiger partial charge < -0.3 is 9.47 Å². The zero-order valence-electron chi connectivity index (χ0n) is 17.6. The smallest absolute Gasteiger partial charge is 0.293 e. The van der Waals surface area contributed by atoms with Gasteiger partial charge in [-0.3, -0.25) is 14.5 Å². The van der Waals surface area contributed by atoms with Crippen LogP contribution in [0.5, 0.6) is 11.5 Å². The van der Waals surface area contributed by atoms with Crippen molar-refractivity contribution in [1.82, 2.24) is 4.90 Å². The lowest BCUT2D eigenvalue weighted by Crippen LogP contribution is -2.27. The predicted octanol–water partition coefficient (Wildman–Crippen LogP) is 6.93. The minimum absolute atomic E-state index is 0.232. The zero-order valence-corrected chi connectivity index (χ0v) is 20.7. The normalized spacial score (nSPS) is 14.8. The highest BCUT2D eigenvalue weighted by Gasteiger charge is 2.35. The molecule has 0 N–H and O–H groups in total. The lowest BCUT2D eigenvalue weighted by molar-refractivity contribution is -0.123. The second-order valence-electron chi connectivity index (χ2n) is 7.22. The van der Waals surface area contributed by atoms with Crippen molar-refractivity contribution in [2.75, 3.05) is 7.11 Å². The van der Waals surface area contributed by atoms with Crippen LogP contribution in [0.2, 0.25) is 5.02 Å². The molecule has 0 bridgehead atoms. The van der Waals surface area contributed by atoms with Crippen LogP contribution in [0.15, 0.2) is 76.1 Å². The molecule has 5 nitrogen and oxygen atoms in total. The van der Waals surface area contributed by atoms with Crippen LogP contribution in [-0.4, -0.2) is 23.2 Å². The molecule has 3 aromatic carbocycles. The van der Waals surface area contributed by atoms with Crippen molar-refractivity contribution in [2.45, 2.75) is 13.2 Å². The predicted molar refractivity (Wildman–Crippen MR) is 134 cm³/mol. The van der Waals surface area contributed by atoms with E-state index in [0.29, 0.717) is 28.0 Å². The Balaban J connectivity index is 1.47. The number of benzene rings is 3. The van der Waals surface area contributed by atoms with Gasteiger partial charge in [0.2, 0.25) is 0 Å². The summed E-state index contributed by atoms with van der Waals surface area (Å²) in [7, 11) is 1.56. The minimum Gasteiger partial charge on any atom is -0.493 e. The molecule has 168 valence electrons. The molecule has 0 aliphatic carbocycles. The van der Waals surface area contributed by atoms with Crippen molar-refractivity contribution < 1.29 is 19.1 Å². The summed E-state index contributed by atoms with van der Waals surface area (Å²) < 4.78 is 12.3. The lowest BCUT2D eigenvalue weighted by atomic mass is 10.1. The van der Waals surface area contributed by atoms with Crippen LogP contribution in [0.1, 0.15) is 16.7 Å². The van der Waals surface area contributed by atoms with E-state index in [0.717, 1.165) is 32.9 Å². The molecule has 4 rings (SSSR count). The van der Waals surface area contributed by atoms with Crippen LogP contribution < -0.4 is 9.47 Å². The van der Waals surface area contributed by atoms with Gasteiger partial charge in [-0.25, -0.2) is 0 Å². The number of hydrogen-bond acceptors (Lipinski definition) is 5. The molecular weight excluding hydrogens is 526 g/mol. The number of thioether (sulfide) groups is 1. The number of nitrogens with zero attached hydrogens (tertiary/aromatic N) is 1. The molecule has 1 aliphatic rings. The Labute approximate surface area is 209 Å². The molecular formula is C25H19BrClNO4S. The van der Waals surface area contributed by atoms with E-state index in [4.69, 9.17) is 21.1 Å². The molecule has 2 amide bonds. The van der Waals surface area contributed by atoms with Crippen LogP contribution in [0.4, 0.5) is 4.79 Å². The van der Waals surface area contributed by atoms with Crippen LogP contribution in [-0.2, 0) is 17.9 Å². The SMILES string of the molecule is COc1cc(/C=C2\SC(=O)N(Cc3ccc(Br)cc3)C2=O)ccc1OCc1ccc(Cl)cc1. The maximum atomic E-state index is 12.8. The first-order valence-electron chi connectivity index (χ1n) is 9.98. The molecule has 1 fully saturated rings. The number of carbonyl (C=O) groups excluding carboxylic acids is 2. The fourth-order valence-electron chi connectivity index (χ4n) is 3.19. The minimum atomic E-state index is -0.310. The van der Waals surface area contributed by atoms with E-state index in [2.05, 4.69) is 15.9 Å². The number of methoxy groups -OCH3 is 1. The fourth-order valence-corrected chi connectivity index (χ4v) is 4.42. The van der Waals surface area contributed by atoms with Gasteiger partial charge in [-0.15, -0.1) is 0 Å². The van der Waals surface area contributed by atoms with E-state index in [9.17, 15) is 9.59 Å².